The number of hydrogen-bond donors (Lipinski definition) is 1. The van der Waals surface area contributed by atoms with Gasteiger partial charge in [0.2, 0.25) is 5.88 Å². The van der Waals surface area contributed by atoms with Crippen LogP contribution < -0.4 is 10.5 Å². The number of aromatic nitrogens is 1. The van der Waals surface area contributed by atoms with E-state index in [2.05, 4.69) is 9.72 Å². The highest BCUT2D eigenvalue weighted by Crippen LogP contribution is 2.25. The number of hydrogen-bond acceptors (Lipinski definition) is 6. The van der Waals surface area contributed by atoms with Crippen molar-refractivity contribution >= 4 is 11.7 Å². The van der Waals surface area contributed by atoms with Crippen molar-refractivity contribution < 1.29 is 14.3 Å². The first kappa shape index (κ1) is 13.4. The van der Waals surface area contributed by atoms with Crippen molar-refractivity contribution in [2.75, 3.05) is 12.8 Å². The lowest BCUT2D eigenvalue weighted by Crippen LogP contribution is -2.06. The Hall–Kier alpha value is -3.07. The number of ether oxygens (including phenoxy) is 2. The predicted octanol–water partition coefficient (Wildman–Crippen LogP) is 2.11. The minimum absolute atomic E-state index is 0.155. The second kappa shape index (κ2) is 5.71. The molecule has 0 saturated heterocycles. The maximum Gasteiger partial charge on any atom is 0.340 e. The van der Waals surface area contributed by atoms with Crippen LogP contribution in [0.2, 0.25) is 0 Å². The number of para-hydroxylation sites is 1. The van der Waals surface area contributed by atoms with E-state index in [4.69, 9.17) is 15.7 Å². The van der Waals surface area contributed by atoms with Crippen molar-refractivity contribution in [1.82, 2.24) is 4.98 Å². The third-order valence-corrected chi connectivity index (χ3v) is 2.54. The van der Waals surface area contributed by atoms with E-state index in [1.807, 2.05) is 6.07 Å². The van der Waals surface area contributed by atoms with Crippen LogP contribution in [0, 0.1) is 11.3 Å². The molecule has 2 aromatic rings. The number of nitrogen functional groups attached to an aromatic ring is 1. The maximum absolute atomic E-state index is 11.5. The number of methoxy groups -OCH3 is 1. The van der Waals surface area contributed by atoms with Gasteiger partial charge in [-0.25, -0.2) is 9.78 Å². The molecule has 1 aromatic carbocycles. The first-order chi connectivity index (χ1) is 9.65. The molecule has 0 bridgehead atoms. The van der Waals surface area contributed by atoms with E-state index >= 15 is 0 Å². The van der Waals surface area contributed by atoms with E-state index in [0.29, 0.717) is 11.3 Å². The van der Waals surface area contributed by atoms with Gasteiger partial charge in [0.25, 0.3) is 0 Å². The fraction of sp³-hybridized carbons (Fsp3) is 0.0714. The number of pyridine rings is 1. The number of benzene rings is 1. The Balaban J connectivity index is 2.35. The van der Waals surface area contributed by atoms with Gasteiger partial charge in [-0.15, -0.1) is 0 Å². The van der Waals surface area contributed by atoms with Crippen LogP contribution in [-0.2, 0) is 4.74 Å². The molecular weight excluding hydrogens is 258 g/mol. The SMILES string of the molecule is COC(=O)c1cc(Oc2ccccc2C#N)ncc1N. The van der Waals surface area contributed by atoms with Crippen LogP contribution in [0.15, 0.2) is 36.5 Å². The Morgan fingerprint density at radius 3 is 2.85 bits per heavy atom. The molecule has 0 unspecified atom stereocenters. The Morgan fingerprint density at radius 1 is 1.40 bits per heavy atom. The Kier molecular flexibility index (Phi) is 3.82. The molecule has 0 spiro atoms. The summed E-state index contributed by atoms with van der Waals surface area (Å²) < 4.78 is 10.1. The third kappa shape index (κ3) is 2.67. The zero-order valence-corrected chi connectivity index (χ0v) is 10.7. The second-order valence-electron chi connectivity index (χ2n) is 3.81. The van der Waals surface area contributed by atoms with E-state index in [1.165, 1.54) is 19.4 Å². The topological polar surface area (TPSA) is 98.2 Å². The molecule has 2 rings (SSSR count). The highest BCUT2D eigenvalue weighted by Gasteiger charge is 2.13. The highest BCUT2D eigenvalue weighted by atomic mass is 16.5. The Labute approximate surface area is 115 Å². The minimum Gasteiger partial charge on any atom is -0.465 e. The van der Waals surface area contributed by atoms with Crippen LogP contribution in [0.1, 0.15) is 15.9 Å². The lowest BCUT2D eigenvalue weighted by molar-refractivity contribution is 0.0601. The van der Waals surface area contributed by atoms with Crippen molar-refractivity contribution in [3.8, 4) is 17.7 Å². The van der Waals surface area contributed by atoms with Gasteiger partial charge in [0.05, 0.1) is 30.1 Å². The summed E-state index contributed by atoms with van der Waals surface area (Å²) in [5, 5.41) is 8.98. The molecule has 0 radical (unpaired) electrons. The van der Waals surface area contributed by atoms with Crippen LogP contribution in [0.4, 0.5) is 5.69 Å². The van der Waals surface area contributed by atoms with Gasteiger partial charge in [0, 0.05) is 6.07 Å². The van der Waals surface area contributed by atoms with E-state index in [9.17, 15) is 4.79 Å². The number of carbonyl (C=O) groups excluding carboxylic acids is 1. The molecule has 0 aliphatic carbocycles. The molecule has 0 saturated carbocycles. The number of anilines is 1. The molecule has 6 nitrogen and oxygen atoms in total. The zero-order valence-electron chi connectivity index (χ0n) is 10.7. The Bertz CT molecular complexity index is 692. The van der Waals surface area contributed by atoms with Gasteiger partial charge in [-0.3, -0.25) is 0 Å². The van der Waals surface area contributed by atoms with Gasteiger partial charge in [0.1, 0.15) is 11.8 Å². The normalized spacial score (nSPS) is 9.60. The van der Waals surface area contributed by atoms with Crippen LogP contribution in [-0.4, -0.2) is 18.1 Å². The fourth-order valence-electron chi connectivity index (χ4n) is 1.55. The number of nitrogens with zero attached hydrogens (tertiary/aromatic N) is 2. The standard InChI is InChI=1S/C14H11N3O3/c1-19-14(18)10-6-13(17-8-11(10)16)20-12-5-3-2-4-9(12)7-15/h2-6,8H,16H2,1H3. The monoisotopic (exact) mass is 269 g/mol. The van der Waals surface area contributed by atoms with Gasteiger partial charge >= 0.3 is 5.97 Å². The molecule has 1 aromatic heterocycles. The Morgan fingerprint density at radius 2 is 2.15 bits per heavy atom. The average molecular weight is 269 g/mol. The smallest absolute Gasteiger partial charge is 0.340 e. The van der Waals surface area contributed by atoms with Gasteiger partial charge in [0.15, 0.2) is 0 Å². The van der Waals surface area contributed by atoms with Crippen LogP contribution >= 0.6 is 0 Å². The van der Waals surface area contributed by atoms with E-state index < -0.39 is 5.97 Å². The first-order valence-corrected chi connectivity index (χ1v) is 5.66. The van der Waals surface area contributed by atoms with Gasteiger partial charge in [-0.2, -0.15) is 5.26 Å². The number of carbonyl (C=O) groups is 1. The molecule has 6 heteroatoms. The van der Waals surface area contributed by atoms with Crippen LogP contribution in [0.3, 0.4) is 0 Å². The van der Waals surface area contributed by atoms with E-state index in [-0.39, 0.29) is 17.1 Å². The van der Waals surface area contributed by atoms with E-state index in [0.717, 1.165) is 0 Å². The fourth-order valence-corrected chi connectivity index (χ4v) is 1.55. The molecule has 1 heterocycles. The molecule has 2 N–H and O–H groups in total. The number of nitrogens with two attached hydrogens (primary N) is 1. The zero-order chi connectivity index (χ0) is 14.5. The summed E-state index contributed by atoms with van der Waals surface area (Å²) in [4.78, 5) is 15.5. The number of rotatable bonds is 3. The van der Waals surface area contributed by atoms with Gasteiger partial charge < -0.3 is 15.2 Å². The number of esters is 1. The summed E-state index contributed by atoms with van der Waals surface area (Å²) in [7, 11) is 1.26. The second-order valence-corrected chi connectivity index (χ2v) is 3.81. The summed E-state index contributed by atoms with van der Waals surface area (Å²) in [5.74, 6) is -0.0753. The molecule has 0 aliphatic rings. The molecule has 0 amide bonds. The molecule has 0 fully saturated rings. The van der Waals surface area contributed by atoms with Crippen LogP contribution in [0.25, 0.3) is 0 Å². The summed E-state index contributed by atoms with van der Waals surface area (Å²) in [6.45, 7) is 0. The third-order valence-electron chi connectivity index (χ3n) is 2.54. The van der Waals surface area contributed by atoms with Crippen molar-refractivity contribution in [3.63, 3.8) is 0 Å². The lowest BCUT2D eigenvalue weighted by atomic mass is 10.2. The average Bonchev–Trinajstić information content (AvgIpc) is 2.49. The van der Waals surface area contributed by atoms with Crippen LogP contribution in [0.5, 0.6) is 11.6 Å². The largest absolute Gasteiger partial charge is 0.465 e. The van der Waals surface area contributed by atoms with Crippen molar-refractivity contribution in [2.24, 2.45) is 0 Å². The minimum atomic E-state index is -0.580. The summed E-state index contributed by atoms with van der Waals surface area (Å²) in [6.07, 6.45) is 1.30. The highest BCUT2D eigenvalue weighted by molar-refractivity contribution is 5.95. The first-order valence-electron chi connectivity index (χ1n) is 5.66. The molecule has 100 valence electrons. The molecule has 20 heavy (non-hydrogen) atoms. The maximum atomic E-state index is 11.5. The quantitative estimate of drug-likeness (QED) is 0.857. The summed E-state index contributed by atoms with van der Waals surface area (Å²) in [5.41, 5.74) is 6.36. The van der Waals surface area contributed by atoms with Crippen molar-refractivity contribution in [1.29, 1.82) is 5.26 Å². The van der Waals surface area contributed by atoms with E-state index in [1.54, 1.807) is 24.3 Å². The predicted molar refractivity (Wildman–Crippen MR) is 71.2 cm³/mol. The summed E-state index contributed by atoms with van der Waals surface area (Å²) in [6, 6.07) is 10.1. The lowest BCUT2D eigenvalue weighted by Gasteiger charge is -2.08. The van der Waals surface area contributed by atoms with Gasteiger partial charge in [-0.1, -0.05) is 12.1 Å². The summed E-state index contributed by atoms with van der Waals surface area (Å²) >= 11 is 0. The molecule has 0 atom stereocenters. The van der Waals surface area contributed by atoms with Gasteiger partial charge in [-0.05, 0) is 12.1 Å². The number of nitriles is 1. The van der Waals surface area contributed by atoms with Crippen molar-refractivity contribution in [2.45, 2.75) is 0 Å². The molecular formula is C14H11N3O3. The molecule has 0 aliphatic heterocycles. The van der Waals surface area contributed by atoms with Crippen molar-refractivity contribution in [3.05, 3.63) is 47.7 Å².